The first-order valence-corrected chi connectivity index (χ1v) is 8.07. The molecular weight excluding hydrogens is 286 g/mol. The molecule has 0 spiro atoms. The Morgan fingerprint density at radius 1 is 1.04 bits per heavy atom. The summed E-state index contributed by atoms with van der Waals surface area (Å²) in [6.07, 6.45) is -0.529. The van der Waals surface area contributed by atoms with Gasteiger partial charge < -0.3 is 10.1 Å². The van der Waals surface area contributed by atoms with Crippen LogP contribution in [0.5, 0.6) is 5.75 Å². The van der Waals surface area contributed by atoms with Crippen molar-refractivity contribution in [3.8, 4) is 5.75 Å². The summed E-state index contributed by atoms with van der Waals surface area (Å²) in [6, 6.07) is 15.9. The van der Waals surface area contributed by atoms with E-state index in [0.717, 1.165) is 16.9 Å². The van der Waals surface area contributed by atoms with E-state index in [1.165, 1.54) is 5.56 Å². The molecule has 2 rings (SSSR count). The van der Waals surface area contributed by atoms with E-state index < -0.39 is 6.10 Å². The lowest BCUT2D eigenvalue weighted by Gasteiger charge is -2.19. The first-order valence-electron chi connectivity index (χ1n) is 8.07. The van der Waals surface area contributed by atoms with E-state index in [1.54, 1.807) is 6.92 Å². The van der Waals surface area contributed by atoms with Crippen LogP contribution in [0.1, 0.15) is 43.4 Å². The number of carbonyl (C=O) groups excluding carboxylic acids is 1. The van der Waals surface area contributed by atoms with Crippen molar-refractivity contribution >= 4 is 5.91 Å². The van der Waals surface area contributed by atoms with Crippen LogP contribution >= 0.6 is 0 Å². The SMILES string of the molecule is Cc1ccccc1CNC(=O)[C@@H](C)Oc1ccccc1C(C)C. The predicted molar refractivity (Wildman–Crippen MR) is 93.6 cm³/mol. The van der Waals surface area contributed by atoms with E-state index in [-0.39, 0.29) is 5.91 Å². The van der Waals surface area contributed by atoms with Crippen molar-refractivity contribution in [1.29, 1.82) is 0 Å². The molecule has 0 unspecified atom stereocenters. The second kappa shape index (κ2) is 7.82. The molecule has 23 heavy (non-hydrogen) atoms. The van der Waals surface area contributed by atoms with Crippen LogP contribution in [-0.4, -0.2) is 12.0 Å². The van der Waals surface area contributed by atoms with Gasteiger partial charge in [-0.05, 0) is 42.5 Å². The van der Waals surface area contributed by atoms with Crippen LogP contribution in [0.25, 0.3) is 0 Å². The molecule has 0 bridgehead atoms. The van der Waals surface area contributed by atoms with E-state index in [0.29, 0.717) is 12.5 Å². The van der Waals surface area contributed by atoms with Gasteiger partial charge in [0.15, 0.2) is 6.10 Å². The molecule has 2 aromatic rings. The third-order valence-electron chi connectivity index (χ3n) is 3.93. The van der Waals surface area contributed by atoms with Gasteiger partial charge in [-0.1, -0.05) is 56.3 Å². The second-order valence-electron chi connectivity index (χ2n) is 6.10. The van der Waals surface area contributed by atoms with Gasteiger partial charge in [-0.2, -0.15) is 0 Å². The molecule has 1 atom stereocenters. The minimum atomic E-state index is -0.529. The summed E-state index contributed by atoms with van der Waals surface area (Å²) in [4.78, 5) is 12.3. The summed E-state index contributed by atoms with van der Waals surface area (Å²) >= 11 is 0. The maximum absolute atomic E-state index is 12.3. The molecule has 0 aliphatic carbocycles. The number of nitrogens with one attached hydrogen (secondary N) is 1. The highest BCUT2D eigenvalue weighted by molar-refractivity contribution is 5.80. The number of benzene rings is 2. The quantitative estimate of drug-likeness (QED) is 0.868. The molecule has 0 aromatic heterocycles. The highest BCUT2D eigenvalue weighted by Gasteiger charge is 2.17. The van der Waals surface area contributed by atoms with Gasteiger partial charge in [-0.15, -0.1) is 0 Å². The maximum Gasteiger partial charge on any atom is 0.261 e. The molecule has 0 heterocycles. The Kier molecular flexibility index (Phi) is 5.80. The Morgan fingerprint density at radius 2 is 1.70 bits per heavy atom. The third kappa shape index (κ3) is 4.59. The average Bonchev–Trinajstić information content (AvgIpc) is 2.54. The van der Waals surface area contributed by atoms with Crippen LogP contribution in [0.2, 0.25) is 0 Å². The molecule has 0 radical (unpaired) electrons. The predicted octanol–water partition coefficient (Wildman–Crippen LogP) is 4.20. The van der Waals surface area contributed by atoms with Gasteiger partial charge in [0, 0.05) is 6.54 Å². The van der Waals surface area contributed by atoms with Crippen LogP contribution in [0, 0.1) is 6.92 Å². The fourth-order valence-corrected chi connectivity index (χ4v) is 2.44. The normalized spacial score (nSPS) is 12.0. The summed E-state index contributed by atoms with van der Waals surface area (Å²) in [7, 11) is 0. The smallest absolute Gasteiger partial charge is 0.261 e. The van der Waals surface area contributed by atoms with E-state index in [9.17, 15) is 4.79 Å². The minimum Gasteiger partial charge on any atom is -0.481 e. The fourth-order valence-electron chi connectivity index (χ4n) is 2.44. The lowest BCUT2D eigenvalue weighted by atomic mass is 10.0. The molecule has 2 aromatic carbocycles. The van der Waals surface area contributed by atoms with Crippen LogP contribution in [0.3, 0.4) is 0 Å². The molecule has 3 heteroatoms. The van der Waals surface area contributed by atoms with Gasteiger partial charge in [0.05, 0.1) is 0 Å². The van der Waals surface area contributed by atoms with Gasteiger partial charge in [0.1, 0.15) is 5.75 Å². The molecule has 1 amide bonds. The summed E-state index contributed by atoms with van der Waals surface area (Å²) in [6.45, 7) is 8.58. The number of rotatable bonds is 6. The summed E-state index contributed by atoms with van der Waals surface area (Å²) in [5, 5.41) is 2.94. The maximum atomic E-state index is 12.3. The van der Waals surface area contributed by atoms with Crippen LogP contribution < -0.4 is 10.1 Å². The standard InChI is InChI=1S/C20H25NO2/c1-14(2)18-11-7-8-12-19(18)23-16(4)20(22)21-13-17-10-6-5-9-15(17)3/h5-12,14,16H,13H2,1-4H3,(H,21,22)/t16-/m1/s1. The number of ether oxygens (including phenoxy) is 1. The summed E-state index contributed by atoms with van der Waals surface area (Å²) in [5.41, 5.74) is 3.41. The van der Waals surface area contributed by atoms with E-state index >= 15 is 0 Å². The Bertz CT molecular complexity index is 664. The summed E-state index contributed by atoms with van der Waals surface area (Å²) < 4.78 is 5.88. The van der Waals surface area contributed by atoms with E-state index in [1.807, 2.05) is 55.5 Å². The Balaban J connectivity index is 1.97. The van der Waals surface area contributed by atoms with E-state index in [2.05, 4.69) is 19.2 Å². The number of amides is 1. The first kappa shape index (κ1) is 17.1. The van der Waals surface area contributed by atoms with Crippen molar-refractivity contribution in [3.63, 3.8) is 0 Å². The van der Waals surface area contributed by atoms with Gasteiger partial charge >= 0.3 is 0 Å². The number of para-hydroxylation sites is 1. The van der Waals surface area contributed by atoms with Crippen molar-refractivity contribution in [2.45, 2.75) is 46.3 Å². The molecule has 0 aliphatic heterocycles. The number of hydrogen-bond acceptors (Lipinski definition) is 2. The van der Waals surface area contributed by atoms with Crippen molar-refractivity contribution in [2.24, 2.45) is 0 Å². The van der Waals surface area contributed by atoms with Gasteiger partial charge in [-0.25, -0.2) is 0 Å². The van der Waals surface area contributed by atoms with Crippen molar-refractivity contribution < 1.29 is 9.53 Å². The zero-order chi connectivity index (χ0) is 16.8. The lowest BCUT2D eigenvalue weighted by Crippen LogP contribution is -2.36. The van der Waals surface area contributed by atoms with Gasteiger partial charge in [0.25, 0.3) is 5.91 Å². The third-order valence-corrected chi connectivity index (χ3v) is 3.93. The zero-order valence-electron chi connectivity index (χ0n) is 14.3. The molecule has 0 fully saturated rings. The topological polar surface area (TPSA) is 38.3 Å². The molecule has 0 saturated heterocycles. The fraction of sp³-hybridized carbons (Fsp3) is 0.350. The Labute approximate surface area is 138 Å². The van der Waals surface area contributed by atoms with Crippen LogP contribution in [0.15, 0.2) is 48.5 Å². The number of aryl methyl sites for hydroxylation is 1. The second-order valence-corrected chi connectivity index (χ2v) is 6.10. The van der Waals surface area contributed by atoms with Gasteiger partial charge in [-0.3, -0.25) is 4.79 Å². The highest BCUT2D eigenvalue weighted by atomic mass is 16.5. The lowest BCUT2D eigenvalue weighted by molar-refractivity contribution is -0.127. The largest absolute Gasteiger partial charge is 0.481 e. The van der Waals surface area contributed by atoms with Gasteiger partial charge in [0.2, 0.25) is 0 Å². The Morgan fingerprint density at radius 3 is 2.39 bits per heavy atom. The number of hydrogen-bond donors (Lipinski definition) is 1. The van der Waals surface area contributed by atoms with Crippen molar-refractivity contribution in [2.75, 3.05) is 0 Å². The summed E-state index contributed by atoms with van der Waals surface area (Å²) in [5.74, 6) is 1.03. The van der Waals surface area contributed by atoms with Crippen molar-refractivity contribution in [1.82, 2.24) is 5.32 Å². The molecule has 0 saturated carbocycles. The van der Waals surface area contributed by atoms with Crippen molar-refractivity contribution in [3.05, 3.63) is 65.2 Å². The average molecular weight is 311 g/mol. The molecule has 3 nitrogen and oxygen atoms in total. The van der Waals surface area contributed by atoms with E-state index in [4.69, 9.17) is 4.74 Å². The molecule has 1 N–H and O–H groups in total. The minimum absolute atomic E-state index is 0.105. The number of carbonyl (C=O) groups is 1. The first-order chi connectivity index (χ1) is 11.0. The molecule has 122 valence electrons. The van der Waals surface area contributed by atoms with Crippen LogP contribution in [-0.2, 0) is 11.3 Å². The molecular formula is C20H25NO2. The zero-order valence-corrected chi connectivity index (χ0v) is 14.3. The van der Waals surface area contributed by atoms with Crippen LogP contribution in [0.4, 0.5) is 0 Å². The highest BCUT2D eigenvalue weighted by Crippen LogP contribution is 2.26. The monoisotopic (exact) mass is 311 g/mol. The molecule has 0 aliphatic rings. The Hall–Kier alpha value is -2.29.